The Morgan fingerprint density at radius 1 is 1.48 bits per heavy atom. The zero-order valence-electron chi connectivity index (χ0n) is 13.0. The molecule has 2 unspecified atom stereocenters. The van der Waals surface area contributed by atoms with Gasteiger partial charge in [-0.1, -0.05) is 19.1 Å². The molecule has 4 heteroatoms. The number of carbonyl (C=O) groups excluding carboxylic acids is 1. The van der Waals surface area contributed by atoms with Crippen LogP contribution in [0, 0.1) is 17.2 Å². The van der Waals surface area contributed by atoms with E-state index >= 15 is 0 Å². The van der Waals surface area contributed by atoms with Crippen molar-refractivity contribution in [2.45, 2.75) is 39.3 Å². The second kappa shape index (κ2) is 6.73. The third-order valence-electron chi connectivity index (χ3n) is 4.16. The lowest BCUT2D eigenvalue weighted by atomic mass is 10.0. The highest BCUT2D eigenvalue weighted by Crippen LogP contribution is 2.19. The van der Waals surface area contributed by atoms with Crippen LogP contribution in [0.1, 0.15) is 36.7 Å². The van der Waals surface area contributed by atoms with E-state index in [1.54, 1.807) is 12.1 Å². The molecule has 1 aliphatic heterocycles. The molecule has 1 saturated heterocycles. The summed E-state index contributed by atoms with van der Waals surface area (Å²) in [5.74, 6) is 0.413. The maximum absolute atomic E-state index is 12.4. The van der Waals surface area contributed by atoms with Crippen LogP contribution in [-0.4, -0.2) is 36.0 Å². The summed E-state index contributed by atoms with van der Waals surface area (Å²) in [4.78, 5) is 14.8. The average Bonchev–Trinajstić information content (AvgIpc) is 2.81. The Labute approximate surface area is 126 Å². The fraction of sp³-hybridized carbons (Fsp3) is 0.529. The molecule has 21 heavy (non-hydrogen) atoms. The fourth-order valence-corrected chi connectivity index (χ4v) is 2.78. The molecule has 2 atom stereocenters. The summed E-state index contributed by atoms with van der Waals surface area (Å²) < 4.78 is 0. The number of hydrogen-bond acceptors (Lipinski definition) is 3. The van der Waals surface area contributed by atoms with E-state index in [0.29, 0.717) is 23.9 Å². The van der Waals surface area contributed by atoms with Crippen molar-refractivity contribution in [1.82, 2.24) is 10.2 Å². The van der Waals surface area contributed by atoms with Gasteiger partial charge >= 0.3 is 0 Å². The molecular weight excluding hydrogens is 262 g/mol. The van der Waals surface area contributed by atoms with Crippen LogP contribution in [0.4, 0.5) is 0 Å². The number of nitrogens with zero attached hydrogens (tertiary/aromatic N) is 2. The summed E-state index contributed by atoms with van der Waals surface area (Å²) in [6.07, 6.45) is 0.335. The van der Waals surface area contributed by atoms with Gasteiger partial charge in [-0.3, -0.25) is 9.69 Å². The first-order valence-corrected chi connectivity index (χ1v) is 7.52. The number of benzene rings is 1. The van der Waals surface area contributed by atoms with E-state index < -0.39 is 0 Å². The van der Waals surface area contributed by atoms with E-state index in [9.17, 15) is 4.79 Å². The molecule has 112 valence electrons. The molecule has 1 N–H and O–H groups in total. The van der Waals surface area contributed by atoms with Crippen molar-refractivity contribution < 1.29 is 4.79 Å². The van der Waals surface area contributed by atoms with Crippen LogP contribution < -0.4 is 5.32 Å². The molecule has 0 bridgehead atoms. The summed E-state index contributed by atoms with van der Waals surface area (Å²) in [5.41, 5.74) is 1.52. The summed E-state index contributed by atoms with van der Waals surface area (Å²) in [7, 11) is 0. The van der Waals surface area contributed by atoms with Crippen LogP contribution in [0.5, 0.6) is 0 Å². The van der Waals surface area contributed by atoms with Gasteiger partial charge in [0.05, 0.1) is 12.5 Å². The molecule has 0 aromatic heterocycles. The average molecular weight is 285 g/mol. The van der Waals surface area contributed by atoms with Crippen molar-refractivity contribution in [1.29, 1.82) is 5.26 Å². The van der Waals surface area contributed by atoms with Crippen molar-refractivity contribution in [2.24, 2.45) is 5.92 Å². The molecule has 0 saturated carbocycles. The fourth-order valence-electron chi connectivity index (χ4n) is 2.78. The number of nitriles is 1. The largest absolute Gasteiger partial charge is 0.348 e. The number of hydrogen-bond donors (Lipinski definition) is 1. The minimum Gasteiger partial charge on any atom is -0.348 e. The maximum Gasteiger partial charge on any atom is 0.251 e. The predicted octanol–water partition coefficient (Wildman–Crippen LogP) is 2.21. The summed E-state index contributed by atoms with van der Waals surface area (Å²) in [5, 5.41) is 11.9. The SMILES string of the molecule is CC1CN(C(C)C)CC1NC(=O)c1cccc(CC#N)c1. The standard InChI is InChI=1S/C17H23N3O/c1-12(2)20-10-13(3)16(11-20)19-17(21)15-6-4-5-14(9-15)7-8-18/h4-6,9,12-13,16H,7,10-11H2,1-3H3,(H,19,21). The summed E-state index contributed by atoms with van der Waals surface area (Å²) in [6.45, 7) is 8.48. The van der Waals surface area contributed by atoms with Crippen molar-refractivity contribution in [2.75, 3.05) is 13.1 Å². The zero-order valence-corrected chi connectivity index (χ0v) is 13.0. The van der Waals surface area contributed by atoms with E-state index in [1.807, 2.05) is 12.1 Å². The maximum atomic E-state index is 12.4. The minimum atomic E-state index is -0.0442. The lowest BCUT2D eigenvalue weighted by Crippen LogP contribution is -2.40. The van der Waals surface area contributed by atoms with E-state index in [0.717, 1.165) is 18.7 Å². The van der Waals surface area contributed by atoms with Crippen molar-refractivity contribution in [3.05, 3.63) is 35.4 Å². The Kier molecular flexibility index (Phi) is 4.98. The van der Waals surface area contributed by atoms with Gasteiger partial charge in [0.25, 0.3) is 5.91 Å². The van der Waals surface area contributed by atoms with Gasteiger partial charge in [0.1, 0.15) is 0 Å². The van der Waals surface area contributed by atoms with E-state index in [-0.39, 0.29) is 11.9 Å². The quantitative estimate of drug-likeness (QED) is 0.923. The summed E-state index contributed by atoms with van der Waals surface area (Å²) >= 11 is 0. The Morgan fingerprint density at radius 2 is 2.24 bits per heavy atom. The first kappa shape index (κ1) is 15.5. The number of rotatable bonds is 4. The molecule has 1 heterocycles. The normalized spacial score (nSPS) is 22.2. The molecule has 4 nitrogen and oxygen atoms in total. The highest BCUT2D eigenvalue weighted by atomic mass is 16.1. The van der Waals surface area contributed by atoms with Gasteiger partial charge in [-0.05, 0) is 37.5 Å². The Hall–Kier alpha value is -1.86. The van der Waals surface area contributed by atoms with Crippen LogP contribution in [0.25, 0.3) is 0 Å². The molecule has 0 aliphatic carbocycles. The van der Waals surface area contributed by atoms with Crippen molar-refractivity contribution in [3.63, 3.8) is 0 Å². The van der Waals surface area contributed by atoms with Gasteiger partial charge in [0.15, 0.2) is 0 Å². The van der Waals surface area contributed by atoms with Gasteiger partial charge in [-0.15, -0.1) is 0 Å². The highest BCUT2D eigenvalue weighted by molar-refractivity contribution is 5.94. The van der Waals surface area contributed by atoms with Crippen LogP contribution in [0.2, 0.25) is 0 Å². The van der Waals surface area contributed by atoms with E-state index in [2.05, 4.69) is 37.1 Å². The first-order valence-electron chi connectivity index (χ1n) is 7.52. The predicted molar refractivity (Wildman–Crippen MR) is 82.9 cm³/mol. The van der Waals surface area contributed by atoms with Gasteiger partial charge < -0.3 is 5.32 Å². The van der Waals surface area contributed by atoms with E-state index in [4.69, 9.17) is 5.26 Å². The second-order valence-electron chi connectivity index (χ2n) is 6.14. The molecule has 2 rings (SSSR count). The number of nitrogens with one attached hydrogen (secondary N) is 1. The Bertz CT molecular complexity index is 547. The lowest BCUT2D eigenvalue weighted by molar-refractivity contribution is 0.0930. The van der Waals surface area contributed by atoms with Crippen LogP contribution in [-0.2, 0) is 6.42 Å². The van der Waals surface area contributed by atoms with Gasteiger partial charge in [-0.25, -0.2) is 0 Å². The van der Waals surface area contributed by atoms with Crippen molar-refractivity contribution in [3.8, 4) is 6.07 Å². The molecule has 1 aliphatic rings. The molecule has 1 aromatic carbocycles. The second-order valence-corrected chi connectivity index (χ2v) is 6.14. The molecule has 1 aromatic rings. The lowest BCUT2D eigenvalue weighted by Gasteiger charge is -2.20. The van der Waals surface area contributed by atoms with Gasteiger partial charge in [0.2, 0.25) is 0 Å². The minimum absolute atomic E-state index is 0.0442. The van der Waals surface area contributed by atoms with Crippen LogP contribution in [0.3, 0.4) is 0 Å². The Balaban J connectivity index is 2.02. The molecule has 1 amide bonds. The smallest absolute Gasteiger partial charge is 0.251 e. The van der Waals surface area contributed by atoms with E-state index in [1.165, 1.54) is 0 Å². The molecule has 1 fully saturated rings. The summed E-state index contributed by atoms with van der Waals surface area (Å²) in [6, 6.07) is 10.1. The monoisotopic (exact) mass is 285 g/mol. The number of amides is 1. The van der Waals surface area contributed by atoms with Crippen LogP contribution >= 0.6 is 0 Å². The third kappa shape index (κ3) is 3.83. The Morgan fingerprint density at radius 3 is 2.86 bits per heavy atom. The van der Waals surface area contributed by atoms with Gasteiger partial charge in [0, 0.05) is 30.7 Å². The highest BCUT2D eigenvalue weighted by Gasteiger charge is 2.31. The topological polar surface area (TPSA) is 56.1 Å². The zero-order chi connectivity index (χ0) is 15.4. The number of carbonyl (C=O) groups is 1. The molecule has 0 radical (unpaired) electrons. The first-order chi connectivity index (χ1) is 10.0. The molecular formula is C17H23N3O. The molecule has 0 spiro atoms. The van der Waals surface area contributed by atoms with Crippen LogP contribution in [0.15, 0.2) is 24.3 Å². The van der Waals surface area contributed by atoms with Gasteiger partial charge in [-0.2, -0.15) is 5.26 Å². The third-order valence-corrected chi connectivity index (χ3v) is 4.16. The van der Waals surface area contributed by atoms with Crippen molar-refractivity contribution >= 4 is 5.91 Å². The number of likely N-dealkylation sites (tertiary alicyclic amines) is 1.